The highest BCUT2D eigenvalue weighted by Gasteiger charge is 2.14. The number of hydrogen-bond acceptors (Lipinski definition) is 3. The summed E-state index contributed by atoms with van der Waals surface area (Å²) >= 11 is 2.05. The minimum absolute atomic E-state index is 0.700. The van der Waals surface area contributed by atoms with Crippen LogP contribution in [0.15, 0.2) is 18.2 Å². The molecule has 1 aliphatic heterocycles. The van der Waals surface area contributed by atoms with Crippen molar-refractivity contribution in [1.82, 2.24) is 5.32 Å². The maximum atomic E-state index is 5.20. The van der Waals surface area contributed by atoms with Gasteiger partial charge in [-0.2, -0.15) is 11.8 Å². The van der Waals surface area contributed by atoms with E-state index in [1.54, 1.807) is 7.11 Å². The lowest BCUT2D eigenvalue weighted by Crippen LogP contribution is -2.28. The summed E-state index contributed by atoms with van der Waals surface area (Å²) in [6.45, 7) is 3.12. The molecular weight excluding hydrogens is 218 g/mol. The molecule has 2 nitrogen and oxygen atoms in total. The van der Waals surface area contributed by atoms with E-state index in [9.17, 15) is 0 Å². The van der Waals surface area contributed by atoms with E-state index in [0.29, 0.717) is 6.04 Å². The molecule has 88 valence electrons. The van der Waals surface area contributed by atoms with Gasteiger partial charge in [0.15, 0.2) is 0 Å². The van der Waals surface area contributed by atoms with Crippen LogP contribution in [0, 0.1) is 6.92 Å². The molecule has 1 saturated heterocycles. The Labute approximate surface area is 102 Å². The average molecular weight is 237 g/mol. The third-order valence-electron chi connectivity index (χ3n) is 3.06. The lowest BCUT2D eigenvalue weighted by Gasteiger charge is -2.13. The van der Waals surface area contributed by atoms with Crippen LogP contribution in [-0.4, -0.2) is 24.7 Å². The minimum Gasteiger partial charge on any atom is -0.497 e. The van der Waals surface area contributed by atoms with Crippen LogP contribution in [0.4, 0.5) is 0 Å². The van der Waals surface area contributed by atoms with Gasteiger partial charge in [-0.15, -0.1) is 0 Å². The number of benzene rings is 1. The zero-order valence-corrected chi connectivity index (χ0v) is 10.8. The normalized spacial score (nSPS) is 20.0. The molecule has 1 aromatic rings. The molecule has 1 aromatic carbocycles. The fraction of sp³-hybridized carbons (Fsp3) is 0.538. The molecule has 2 rings (SSSR count). The Hall–Kier alpha value is -0.670. The van der Waals surface area contributed by atoms with Crippen molar-refractivity contribution in [3.05, 3.63) is 29.3 Å². The molecule has 0 bridgehead atoms. The van der Waals surface area contributed by atoms with E-state index in [1.807, 2.05) is 17.8 Å². The number of ether oxygens (including phenoxy) is 1. The highest BCUT2D eigenvalue weighted by molar-refractivity contribution is 7.99. The number of aryl methyl sites for hydroxylation is 1. The fourth-order valence-electron chi connectivity index (χ4n) is 1.94. The van der Waals surface area contributed by atoms with Gasteiger partial charge in [0.1, 0.15) is 5.75 Å². The maximum absolute atomic E-state index is 5.20. The molecule has 1 heterocycles. The Morgan fingerprint density at radius 3 is 3.00 bits per heavy atom. The Kier molecular flexibility index (Phi) is 4.13. The van der Waals surface area contributed by atoms with Gasteiger partial charge >= 0.3 is 0 Å². The number of hydrogen-bond donors (Lipinski definition) is 1. The molecule has 0 aromatic heterocycles. The molecule has 1 atom stereocenters. The first-order chi connectivity index (χ1) is 7.79. The lowest BCUT2D eigenvalue weighted by atomic mass is 10.1. The fourth-order valence-corrected chi connectivity index (χ4v) is 3.13. The minimum atomic E-state index is 0.700. The van der Waals surface area contributed by atoms with Gasteiger partial charge in [-0.3, -0.25) is 0 Å². The first-order valence-electron chi connectivity index (χ1n) is 5.74. The monoisotopic (exact) mass is 237 g/mol. The van der Waals surface area contributed by atoms with Crippen LogP contribution in [0.1, 0.15) is 17.5 Å². The molecule has 1 aliphatic rings. The van der Waals surface area contributed by atoms with Gasteiger partial charge in [-0.25, -0.2) is 0 Å². The first-order valence-corrected chi connectivity index (χ1v) is 6.89. The Balaban J connectivity index is 1.93. The van der Waals surface area contributed by atoms with E-state index in [4.69, 9.17) is 4.74 Å². The van der Waals surface area contributed by atoms with Gasteiger partial charge in [0.05, 0.1) is 7.11 Å². The summed E-state index contributed by atoms with van der Waals surface area (Å²) in [4.78, 5) is 0. The predicted molar refractivity (Wildman–Crippen MR) is 70.3 cm³/mol. The molecule has 0 spiro atoms. The van der Waals surface area contributed by atoms with Crippen LogP contribution in [0.3, 0.4) is 0 Å². The van der Waals surface area contributed by atoms with Crippen LogP contribution >= 0.6 is 11.8 Å². The van der Waals surface area contributed by atoms with Crippen LogP contribution in [-0.2, 0) is 6.54 Å². The highest BCUT2D eigenvalue weighted by Crippen LogP contribution is 2.19. The molecule has 0 saturated carbocycles. The van der Waals surface area contributed by atoms with Crippen molar-refractivity contribution in [3.63, 3.8) is 0 Å². The van der Waals surface area contributed by atoms with Crippen molar-refractivity contribution in [2.45, 2.75) is 25.9 Å². The molecule has 0 amide bonds. The van der Waals surface area contributed by atoms with Gasteiger partial charge in [0.25, 0.3) is 0 Å². The van der Waals surface area contributed by atoms with Crippen molar-refractivity contribution >= 4 is 11.8 Å². The molecular formula is C13H19NOS. The van der Waals surface area contributed by atoms with E-state index in [1.165, 1.54) is 29.1 Å². The largest absolute Gasteiger partial charge is 0.497 e. The van der Waals surface area contributed by atoms with Gasteiger partial charge < -0.3 is 10.1 Å². The Morgan fingerprint density at radius 1 is 1.50 bits per heavy atom. The molecule has 1 unspecified atom stereocenters. The summed E-state index contributed by atoms with van der Waals surface area (Å²) in [7, 11) is 1.71. The van der Waals surface area contributed by atoms with Gasteiger partial charge in [-0.1, -0.05) is 6.07 Å². The summed E-state index contributed by atoms with van der Waals surface area (Å²) in [5.41, 5.74) is 2.68. The number of methoxy groups -OCH3 is 1. The van der Waals surface area contributed by atoms with Gasteiger partial charge in [0, 0.05) is 18.3 Å². The summed E-state index contributed by atoms with van der Waals surface area (Å²) in [5.74, 6) is 3.51. The molecule has 1 N–H and O–H groups in total. The van der Waals surface area contributed by atoms with E-state index in [-0.39, 0.29) is 0 Å². The third-order valence-corrected chi connectivity index (χ3v) is 4.22. The number of rotatable bonds is 4. The van der Waals surface area contributed by atoms with Gasteiger partial charge in [0.2, 0.25) is 0 Å². The first kappa shape index (κ1) is 11.8. The zero-order valence-electron chi connectivity index (χ0n) is 9.95. The summed E-state index contributed by atoms with van der Waals surface area (Å²) in [6.07, 6.45) is 1.31. The van der Waals surface area contributed by atoms with Crippen molar-refractivity contribution in [3.8, 4) is 5.75 Å². The van der Waals surface area contributed by atoms with Crippen LogP contribution < -0.4 is 10.1 Å². The van der Waals surface area contributed by atoms with Crippen molar-refractivity contribution < 1.29 is 4.74 Å². The van der Waals surface area contributed by atoms with E-state index in [2.05, 4.69) is 24.4 Å². The van der Waals surface area contributed by atoms with E-state index >= 15 is 0 Å². The topological polar surface area (TPSA) is 21.3 Å². The van der Waals surface area contributed by atoms with Crippen molar-refractivity contribution in [1.29, 1.82) is 0 Å². The quantitative estimate of drug-likeness (QED) is 0.869. The third kappa shape index (κ3) is 2.92. The summed E-state index contributed by atoms with van der Waals surface area (Å²) in [6, 6.07) is 6.99. The molecule has 0 aliphatic carbocycles. The van der Waals surface area contributed by atoms with Crippen LogP contribution in [0.2, 0.25) is 0 Å². The Morgan fingerprint density at radius 2 is 2.38 bits per heavy atom. The molecule has 0 radical (unpaired) electrons. The number of nitrogens with one attached hydrogen (secondary N) is 1. The van der Waals surface area contributed by atoms with Gasteiger partial charge in [-0.05, 0) is 42.4 Å². The summed E-state index contributed by atoms with van der Waals surface area (Å²) < 4.78 is 5.20. The molecule has 3 heteroatoms. The van der Waals surface area contributed by atoms with E-state index < -0.39 is 0 Å². The second-order valence-corrected chi connectivity index (χ2v) is 5.38. The lowest BCUT2D eigenvalue weighted by molar-refractivity contribution is 0.414. The average Bonchev–Trinajstić information content (AvgIpc) is 2.80. The van der Waals surface area contributed by atoms with Crippen molar-refractivity contribution in [2.24, 2.45) is 0 Å². The number of thioether (sulfide) groups is 1. The molecule has 1 fully saturated rings. The molecule has 16 heavy (non-hydrogen) atoms. The predicted octanol–water partition coefficient (Wildman–Crippen LogP) is 2.60. The SMILES string of the molecule is COc1ccc(CNC2CCSC2)c(C)c1. The smallest absolute Gasteiger partial charge is 0.119 e. The standard InChI is InChI=1S/C13H19NOS/c1-10-7-13(15-2)4-3-11(10)8-14-12-5-6-16-9-12/h3-4,7,12,14H,5-6,8-9H2,1-2H3. The second-order valence-electron chi connectivity index (χ2n) is 4.23. The zero-order chi connectivity index (χ0) is 11.4. The maximum Gasteiger partial charge on any atom is 0.119 e. The summed E-state index contributed by atoms with van der Waals surface area (Å²) in [5, 5.41) is 3.61. The highest BCUT2D eigenvalue weighted by atomic mass is 32.2. The van der Waals surface area contributed by atoms with E-state index in [0.717, 1.165) is 12.3 Å². The van der Waals surface area contributed by atoms with Crippen LogP contribution in [0.5, 0.6) is 5.75 Å². The van der Waals surface area contributed by atoms with Crippen molar-refractivity contribution in [2.75, 3.05) is 18.6 Å². The second kappa shape index (κ2) is 5.60. The Bertz CT molecular complexity index is 348. The van der Waals surface area contributed by atoms with Crippen LogP contribution in [0.25, 0.3) is 0 Å².